The number of hydrogen-bond donors (Lipinski definition) is 0. The largest absolute Gasteiger partial charge is 0.441 e. The SMILES string of the molecule is CO[C@@H](CO[C@@H]1CCC[C@H](OCc2nc(-c3cccc(C)c3)oc2C)C1)CO[Si](C)(C)C. The summed E-state index contributed by atoms with van der Waals surface area (Å²) in [5.41, 5.74) is 3.05. The number of aryl methyl sites for hydroxylation is 2. The Labute approximate surface area is 193 Å². The average molecular weight is 462 g/mol. The number of aromatic nitrogens is 1. The Bertz CT molecular complexity index is 847. The first-order valence-electron chi connectivity index (χ1n) is 11.7. The molecule has 1 aliphatic rings. The van der Waals surface area contributed by atoms with E-state index in [1.54, 1.807) is 7.11 Å². The van der Waals surface area contributed by atoms with Crippen molar-refractivity contribution in [1.82, 2.24) is 4.98 Å². The molecule has 7 heteroatoms. The van der Waals surface area contributed by atoms with Crippen LogP contribution in [0.4, 0.5) is 0 Å². The van der Waals surface area contributed by atoms with Crippen LogP contribution in [0.1, 0.15) is 42.7 Å². The first kappa shape index (κ1) is 25.1. The molecular weight excluding hydrogens is 422 g/mol. The van der Waals surface area contributed by atoms with Crippen molar-refractivity contribution in [3.8, 4) is 11.5 Å². The summed E-state index contributed by atoms with van der Waals surface area (Å²) in [5.74, 6) is 1.47. The molecule has 3 rings (SSSR count). The lowest BCUT2D eigenvalue weighted by Crippen LogP contribution is -2.35. The third-order valence-electron chi connectivity index (χ3n) is 5.74. The van der Waals surface area contributed by atoms with Crippen LogP contribution in [0.2, 0.25) is 19.6 Å². The maximum absolute atomic E-state index is 6.23. The van der Waals surface area contributed by atoms with Gasteiger partial charge >= 0.3 is 0 Å². The number of nitrogens with zero attached hydrogens (tertiary/aromatic N) is 1. The van der Waals surface area contributed by atoms with Gasteiger partial charge in [0.2, 0.25) is 5.89 Å². The fraction of sp³-hybridized carbons (Fsp3) is 0.640. The Balaban J connectivity index is 1.47. The van der Waals surface area contributed by atoms with E-state index in [4.69, 9.17) is 23.1 Å². The molecule has 0 radical (unpaired) electrons. The molecule has 0 spiro atoms. The first-order valence-corrected chi connectivity index (χ1v) is 15.1. The quantitative estimate of drug-likeness (QED) is 0.402. The lowest BCUT2D eigenvalue weighted by atomic mass is 9.95. The third kappa shape index (κ3) is 7.81. The number of methoxy groups -OCH3 is 1. The predicted molar refractivity (Wildman–Crippen MR) is 128 cm³/mol. The molecule has 0 aliphatic heterocycles. The average Bonchev–Trinajstić information content (AvgIpc) is 3.12. The second kappa shape index (κ2) is 11.6. The summed E-state index contributed by atoms with van der Waals surface area (Å²) in [5, 5.41) is 0. The summed E-state index contributed by atoms with van der Waals surface area (Å²) in [4.78, 5) is 4.69. The topological polar surface area (TPSA) is 63.0 Å². The fourth-order valence-corrected chi connectivity index (χ4v) is 4.52. The summed E-state index contributed by atoms with van der Waals surface area (Å²) in [6.07, 6.45) is 4.45. The van der Waals surface area contributed by atoms with Crippen molar-refractivity contribution < 1.29 is 23.1 Å². The molecule has 1 saturated carbocycles. The van der Waals surface area contributed by atoms with Gasteiger partial charge in [0.05, 0.1) is 32.0 Å². The van der Waals surface area contributed by atoms with E-state index in [1.165, 1.54) is 5.56 Å². The lowest BCUT2D eigenvalue weighted by molar-refractivity contribution is -0.0828. The molecular formula is C25H39NO5Si. The van der Waals surface area contributed by atoms with Crippen LogP contribution in [0.5, 0.6) is 0 Å². The molecule has 178 valence electrons. The Morgan fingerprint density at radius 2 is 1.84 bits per heavy atom. The van der Waals surface area contributed by atoms with Gasteiger partial charge in [-0.05, 0) is 71.3 Å². The second-order valence-corrected chi connectivity index (χ2v) is 14.2. The predicted octanol–water partition coefficient (Wildman–Crippen LogP) is 5.67. The van der Waals surface area contributed by atoms with Gasteiger partial charge in [-0.15, -0.1) is 0 Å². The van der Waals surface area contributed by atoms with Crippen LogP contribution in [-0.4, -0.2) is 51.9 Å². The minimum Gasteiger partial charge on any atom is -0.441 e. The van der Waals surface area contributed by atoms with Crippen LogP contribution in [0.3, 0.4) is 0 Å². The molecule has 1 aliphatic carbocycles. The van der Waals surface area contributed by atoms with Crippen molar-refractivity contribution in [2.45, 2.75) is 84.1 Å². The van der Waals surface area contributed by atoms with Gasteiger partial charge in [-0.25, -0.2) is 4.98 Å². The highest BCUT2D eigenvalue weighted by molar-refractivity contribution is 6.69. The van der Waals surface area contributed by atoms with Crippen LogP contribution in [0.25, 0.3) is 11.5 Å². The van der Waals surface area contributed by atoms with E-state index in [0.29, 0.717) is 25.7 Å². The number of rotatable bonds is 11. The minimum atomic E-state index is -1.56. The van der Waals surface area contributed by atoms with Gasteiger partial charge in [0.15, 0.2) is 8.32 Å². The summed E-state index contributed by atoms with van der Waals surface area (Å²) in [6, 6.07) is 8.20. The smallest absolute Gasteiger partial charge is 0.226 e. The Hall–Kier alpha value is -1.51. The molecule has 3 atom stereocenters. The van der Waals surface area contributed by atoms with Crippen molar-refractivity contribution >= 4 is 8.32 Å². The van der Waals surface area contributed by atoms with Gasteiger partial charge in [0.1, 0.15) is 17.6 Å². The molecule has 1 heterocycles. The zero-order valence-electron chi connectivity index (χ0n) is 20.5. The van der Waals surface area contributed by atoms with Gasteiger partial charge in [0, 0.05) is 12.7 Å². The highest BCUT2D eigenvalue weighted by Gasteiger charge is 2.25. The van der Waals surface area contributed by atoms with Crippen LogP contribution in [-0.2, 0) is 25.2 Å². The van der Waals surface area contributed by atoms with Gasteiger partial charge in [0.25, 0.3) is 0 Å². The molecule has 1 aromatic carbocycles. The summed E-state index contributed by atoms with van der Waals surface area (Å²) in [6.45, 7) is 12.2. The van der Waals surface area contributed by atoms with E-state index < -0.39 is 8.32 Å². The van der Waals surface area contributed by atoms with E-state index in [-0.39, 0.29) is 18.3 Å². The Kier molecular flexibility index (Phi) is 9.08. The highest BCUT2D eigenvalue weighted by atomic mass is 28.4. The zero-order chi connectivity index (χ0) is 23.1. The molecule has 6 nitrogen and oxygen atoms in total. The van der Waals surface area contributed by atoms with E-state index in [9.17, 15) is 0 Å². The van der Waals surface area contributed by atoms with Crippen LogP contribution >= 0.6 is 0 Å². The van der Waals surface area contributed by atoms with Crippen molar-refractivity contribution in [1.29, 1.82) is 0 Å². The van der Waals surface area contributed by atoms with Crippen LogP contribution in [0.15, 0.2) is 28.7 Å². The maximum Gasteiger partial charge on any atom is 0.226 e. The molecule has 0 unspecified atom stereocenters. The Morgan fingerprint density at radius 3 is 2.53 bits per heavy atom. The number of oxazole rings is 1. The molecule has 0 bridgehead atoms. The van der Waals surface area contributed by atoms with E-state index in [0.717, 1.165) is 42.7 Å². The summed E-state index contributed by atoms with van der Waals surface area (Å²) < 4.78 is 29.8. The number of ether oxygens (including phenoxy) is 3. The van der Waals surface area contributed by atoms with Crippen molar-refractivity contribution in [2.75, 3.05) is 20.3 Å². The number of hydrogen-bond acceptors (Lipinski definition) is 6. The third-order valence-corrected chi connectivity index (χ3v) is 6.78. The van der Waals surface area contributed by atoms with Gasteiger partial charge in [-0.2, -0.15) is 0 Å². The summed E-state index contributed by atoms with van der Waals surface area (Å²) >= 11 is 0. The maximum atomic E-state index is 6.23. The number of benzene rings is 1. The first-order chi connectivity index (χ1) is 15.2. The Morgan fingerprint density at radius 1 is 1.09 bits per heavy atom. The normalized spacial score (nSPS) is 20.4. The molecule has 1 fully saturated rings. The molecule has 0 saturated heterocycles. The molecule has 2 aromatic rings. The van der Waals surface area contributed by atoms with E-state index in [1.807, 2.05) is 19.1 Å². The van der Waals surface area contributed by atoms with Crippen LogP contribution < -0.4 is 0 Å². The molecule has 0 amide bonds. The van der Waals surface area contributed by atoms with Crippen molar-refractivity contribution in [3.63, 3.8) is 0 Å². The van der Waals surface area contributed by atoms with Gasteiger partial charge < -0.3 is 23.1 Å². The van der Waals surface area contributed by atoms with Crippen molar-refractivity contribution in [3.05, 3.63) is 41.3 Å². The standard InChI is InChI=1S/C25H39NO5Si/c1-18-9-7-10-20(13-18)25-26-24(19(2)31-25)17-29-22-12-8-11-21(14-22)28-15-23(27-3)16-30-32(4,5)6/h7,9-10,13,21-23H,8,11-12,14-17H2,1-6H3/t21-,22+,23+/m1/s1. The molecule has 0 N–H and O–H groups in total. The van der Waals surface area contributed by atoms with Crippen LogP contribution in [0, 0.1) is 13.8 Å². The molecule has 1 aromatic heterocycles. The van der Waals surface area contributed by atoms with E-state index >= 15 is 0 Å². The second-order valence-electron chi connectivity index (χ2n) is 9.73. The molecule has 32 heavy (non-hydrogen) atoms. The fourth-order valence-electron chi connectivity index (χ4n) is 3.84. The summed E-state index contributed by atoms with van der Waals surface area (Å²) in [7, 11) is 0.166. The monoisotopic (exact) mass is 461 g/mol. The zero-order valence-corrected chi connectivity index (χ0v) is 21.5. The van der Waals surface area contributed by atoms with Gasteiger partial charge in [-0.1, -0.05) is 17.7 Å². The highest BCUT2D eigenvalue weighted by Crippen LogP contribution is 2.27. The lowest BCUT2D eigenvalue weighted by Gasteiger charge is -2.30. The minimum absolute atomic E-state index is 0.0270. The van der Waals surface area contributed by atoms with E-state index in [2.05, 4.69) is 43.7 Å². The van der Waals surface area contributed by atoms with Gasteiger partial charge in [-0.3, -0.25) is 0 Å². The van der Waals surface area contributed by atoms with Crippen molar-refractivity contribution in [2.24, 2.45) is 0 Å².